The lowest BCUT2D eigenvalue weighted by atomic mass is 9.87. The standard InChI is InChI=1S/C28H22N2O4/c1-33-21-14-8-13-20(17-21)29-27(31)24-25(23-16-7-10-18-9-5-6-15-22(18)23)30(34-26(24)28(29)32)19-11-3-2-4-12-19/h2-17,24-26H,1H3/t24-,25+,26-/m1/s1. The van der Waals surface area contributed by atoms with Crippen LogP contribution in [0.1, 0.15) is 11.6 Å². The molecule has 2 aliphatic rings. The smallest absolute Gasteiger partial charge is 0.266 e. The monoisotopic (exact) mass is 450 g/mol. The second kappa shape index (κ2) is 8.01. The number of para-hydroxylation sites is 1. The van der Waals surface area contributed by atoms with Crippen molar-refractivity contribution in [3.05, 3.63) is 103 Å². The molecule has 2 heterocycles. The van der Waals surface area contributed by atoms with Gasteiger partial charge in [-0.1, -0.05) is 66.7 Å². The Labute approximate surface area is 196 Å². The van der Waals surface area contributed by atoms with Gasteiger partial charge in [-0.15, -0.1) is 0 Å². The van der Waals surface area contributed by atoms with Gasteiger partial charge in [-0.05, 0) is 40.6 Å². The van der Waals surface area contributed by atoms with Gasteiger partial charge in [0.2, 0.25) is 5.91 Å². The van der Waals surface area contributed by atoms with Gasteiger partial charge < -0.3 is 4.74 Å². The predicted octanol–water partition coefficient (Wildman–Crippen LogP) is 4.90. The number of amides is 2. The van der Waals surface area contributed by atoms with Crippen LogP contribution < -0.4 is 14.7 Å². The molecule has 6 rings (SSSR count). The first-order valence-electron chi connectivity index (χ1n) is 11.2. The number of hydrogen-bond acceptors (Lipinski definition) is 5. The van der Waals surface area contributed by atoms with Crippen LogP contribution in [-0.4, -0.2) is 25.0 Å². The van der Waals surface area contributed by atoms with Gasteiger partial charge in [0.15, 0.2) is 6.10 Å². The molecule has 4 aromatic rings. The predicted molar refractivity (Wildman–Crippen MR) is 129 cm³/mol. The van der Waals surface area contributed by atoms with Gasteiger partial charge >= 0.3 is 0 Å². The van der Waals surface area contributed by atoms with Crippen molar-refractivity contribution in [2.75, 3.05) is 17.1 Å². The highest BCUT2D eigenvalue weighted by molar-refractivity contribution is 6.24. The third kappa shape index (κ3) is 3.07. The summed E-state index contributed by atoms with van der Waals surface area (Å²) in [6.45, 7) is 0. The van der Waals surface area contributed by atoms with Gasteiger partial charge in [0.25, 0.3) is 5.91 Å². The van der Waals surface area contributed by atoms with E-state index >= 15 is 0 Å². The number of hydrogen-bond donors (Lipinski definition) is 0. The maximum Gasteiger partial charge on any atom is 0.266 e. The van der Waals surface area contributed by atoms with E-state index in [1.54, 1.807) is 36.4 Å². The Morgan fingerprint density at radius 2 is 1.47 bits per heavy atom. The number of fused-ring (bicyclic) bond motifs is 2. The van der Waals surface area contributed by atoms with Gasteiger partial charge in [0.05, 0.1) is 24.5 Å². The second-order valence-corrected chi connectivity index (χ2v) is 8.44. The minimum atomic E-state index is -0.914. The van der Waals surface area contributed by atoms with Crippen molar-refractivity contribution in [2.24, 2.45) is 5.92 Å². The van der Waals surface area contributed by atoms with Crippen LogP contribution in [0.2, 0.25) is 0 Å². The highest BCUT2D eigenvalue weighted by Crippen LogP contribution is 2.49. The highest BCUT2D eigenvalue weighted by atomic mass is 16.7. The number of methoxy groups -OCH3 is 1. The van der Waals surface area contributed by atoms with Crippen LogP contribution in [0.25, 0.3) is 10.8 Å². The topological polar surface area (TPSA) is 59.1 Å². The first kappa shape index (κ1) is 20.4. The normalized spacial score (nSPS) is 21.9. The summed E-state index contributed by atoms with van der Waals surface area (Å²) in [6, 6.07) is 30.2. The SMILES string of the molecule is COc1cccc(N2C(=O)[C@H]3[C@@H](ON(c4ccccc4)[C@H]3c3cccc4ccccc34)C2=O)c1. The quantitative estimate of drug-likeness (QED) is 0.414. The molecule has 168 valence electrons. The summed E-state index contributed by atoms with van der Waals surface area (Å²) < 4.78 is 5.30. The Bertz CT molecular complexity index is 1400. The lowest BCUT2D eigenvalue weighted by molar-refractivity contribution is -0.126. The molecule has 34 heavy (non-hydrogen) atoms. The number of carbonyl (C=O) groups excluding carboxylic acids is 2. The molecular formula is C28H22N2O4. The Hall–Kier alpha value is -4.16. The van der Waals surface area contributed by atoms with E-state index < -0.39 is 18.1 Å². The van der Waals surface area contributed by atoms with Crippen LogP contribution in [0, 0.1) is 5.92 Å². The molecule has 2 aliphatic heterocycles. The molecule has 0 radical (unpaired) electrons. The summed E-state index contributed by atoms with van der Waals surface area (Å²) in [4.78, 5) is 34.9. The number of ether oxygens (including phenoxy) is 1. The highest BCUT2D eigenvalue weighted by Gasteiger charge is 2.60. The van der Waals surface area contributed by atoms with Crippen molar-refractivity contribution in [1.29, 1.82) is 0 Å². The molecule has 3 atom stereocenters. The summed E-state index contributed by atoms with van der Waals surface area (Å²) in [5.74, 6) is -0.760. The van der Waals surface area contributed by atoms with Crippen molar-refractivity contribution >= 4 is 34.0 Å². The number of nitrogens with zero attached hydrogens (tertiary/aromatic N) is 2. The Balaban J connectivity index is 1.50. The van der Waals surface area contributed by atoms with Crippen molar-refractivity contribution in [1.82, 2.24) is 0 Å². The van der Waals surface area contributed by atoms with E-state index in [1.807, 2.05) is 72.8 Å². The van der Waals surface area contributed by atoms with Crippen LogP contribution in [-0.2, 0) is 14.4 Å². The lowest BCUT2D eigenvalue weighted by Gasteiger charge is -2.29. The Kier molecular flexibility index (Phi) is 4.81. The van der Waals surface area contributed by atoms with Crippen molar-refractivity contribution in [3.63, 3.8) is 0 Å². The number of carbonyl (C=O) groups is 2. The molecule has 6 nitrogen and oxygen atoms in total. The lowest BCUT2D eigenvalue weighted by Crippen LogP contribution is -2.37. The molecule has 0 spiro atoms. The molecule has 4 aromatic carbocycles. The van der Waals surface area contributed by atoms with Crippen molar-refractivity contribution < 1.29 is 19.2 Å². The molecule has 2 fully saturated rings. The maximum absolute atomic E-state index is 13.9. The molecule has 6 heteroatoms. The van der Waals surface area contributed by atoms with Gasteiger partial charge in [0.1, 0.15) is 11.7 Å². The first-order valence-corrected chi connectivity index (χ1v) is 11.2. The summed E-state index contributed by atoms with van der Waals surface area (Å²) in [6.07, 6.45) is -0.914. The number of imide groups is 1. The largest absolute Gasteiger partial charge is 0.497 e. The van der Waals surface area contributed by atoms with Crippen LogP contribution >= 0.6 is 0 Å². The molecule has 2 amide bonds. The zero-order valence-electron chi connectivity index (χ0n) is 18.5. The fraction of sp³-hybridized carbons (Fsp3) is 0.143. The Morgan fingerprint density at radius 1 is 0.765 bits per heavy atom. The van der Waals surface area contributed by atoms with Crippen LogP contribution in [0.15, 0.2) is 97.1 Å². The van der Waals surface area contributed by atoms with E-state index in [2.05, 4.69) is 0 Å². The van der Waals surface area contributed by atoms with Crippen molar-refractivity contribution in [2.45, 2.75) is 12.1 Å². The summed E-state index contributed by atoms with van der Waals surface area (Å²) in [5, 5.41) is 3.83. The van der Waals surface area contributed by atoms with E-state index in [0.29, 0.717) is 11.4 Å². The summed E-state index contributed by atoms with van der Waals surface area (Å²) >= 11 is 0. The van der Waals surface area contributed by atoms with Gasteiger partial charge in [-0.3, -0.25) is 14.4 Å². The molecule has 0 unspecified atom stereocenters. The molecule has 0 N–H and O–H groups in total. The average molecular weight is 450 g/mol. The molecular weight excluding hydrogens is 428 g/mol. The van der Waals surface area contributed by atoms with E-state index in [1.165, 1.54) is 4.90 Å². The molecule has 0 aromatic heterocycles. The van der Waals surface area contributed by atoms with Gasteiger partial charge in [-0.2, -0.15) is 0 Å². The molecule has 0 aliphatic carbocycles. The third-order valence-corrected chi connectivity index (χ3v) is 6.58. The molecule has 2 saturated heterocycles. The minimum absolute atomic E-state index is 0.278. The second-order valence-electron chi connectivity index (χ2n) is 8.44. The van der Waals surface area contributed by atoms with E-state index in [9.17, 15) is 9.59 Å². The summed E-state index contributed by atoms with van der Waals surface area (Å²) in [7, 11) is 1.55. The van der Waals surface area contributed by atoms with E-state index in [0.717, 1.165) is 22.0 Å². The third-order valence-electron chi connectivity index (χ3n) is 6.58. The van der Waals surface area contributed by atoms with Crippen LogP contribution in [0.3, 0.4) is 0 Å². The number of benzene rings is 4. The number of rotatable bonds is 4. The van der Waals surface area contributed by atoms with Gasteiger partial charge in [-0.25, -0.2) is 9.96 Å². The van der Waals surface area contributed by atoms with Gasteiger partial charge in [0, 0.05) is 6.07 Å². The zero-order valence-corrected chi connectivity index (χ0v) is 18.5. The van der Waals surface area contributed by atoms with Crippen molar-refractivity contribution in [3.8, 4) is 5.75 Å². The average Bonchev–Trinajstić information content (AvgIpc) is 3.40. The zero-order chi connectivity index (χ0) is 23.2. The fourth-order valence-corrected chi connectivity index (χ4v) is 5.04. The first-order chi connectivity index (χ1) is 16.7. The van der Waals surface area contributed by atoms with E-state index in [-0.39, 0.29) is 11.8 Å². The molecule has 0 saturated carbocycles. The minimum Gasteiger partial charge on any atom is -0.497 e. The van der Waals surface area contributed by atoms with Crippen LogP contribution in [0.4, 0.5) is 11.4 Å². The number of anilines is 2. The summed E-state index contributed by atoms with van der Waals surface area (Å²) in [5.41, 5.74) is 2.22. The number of hydroxylamine groups is 1. The molecule has 0 bridgehead atoms. The maximum atomic E-state index is 13.9. The van der Waals surface area contributed by atoms with E-state index in [4.69, 9.17) is 9.57 Å². The fourth-order valence-electron chi connectivity index (χ4n) is 5.04. The van der Waals surface area contributed by atoms with Crippen LogP contribution in [0.5, 0.6) is 5.75 Å². The Morgan fingerprint density at radius 3 is 2.29 bits per heavy atom.